The van der Waals surface area contributed by atoms with Gasteiger partial charge in [0.2, 0.25) is 0 Å². The first-order valence-electron chi connectivity index (χ1n) is 5.96. The van der Waals surface area contributed by atoms with Crippen LogP contribution >= 0.6 is 0 Å². The summed E-state index contributed by atoms with van der Waals surface area (Å²) < 4.78 is 11.4. The van der Waals surface area contributed by atoms with Crippen molar-refractivity contribution < 1.29 is 8.85 Å². The Hall–Kier alpha value is 0.137. The lowest BCUT2D eigenvalue weighted by Gasteiger charge is -2.14. The molecule has 0 aromatic carbocycles. The van der Waals surface area contributed by atoms with Gasteiger partial charge in [0, 0.05) is 13.2 Å². The Morgan fingerprint density at radius 1 is 0.786 bits per heavy atom. The van der Waals surface area contributed by atoms with Crippen molar-refractivity contribution in [1.82, 2.24) is 0 Å². The molecule has 1 radical (unpaired) electrons. The van der Waals surface area contributed by atoms with Crippen LogP contribution in [-0.2, 0) is 8.85 Å². The lowest BCUT2D eigenvalue weighted by atomic mass is 10.3. The first-order chi connectivity index (χ1) is 6.85. The van der Waals surface area contributed by atoms with Crippen molar-refractivity contribution in [2.75, 3.05) is 13.2 Å². The van der Waals surface area contributed by atoms with E-state index in [9.17, 15) is 0 Å². The molecule has 14 heavy (non-hydrogen) atoms. The number of rotatable bonds is 10. The predicted molar refractivity (Wildman–Crippen MR) is 62.6 cm³/mol. The van der Waals surface area contributed by atoms with Gasteiger partial charge in [-0.15, -0.1) is 0 Å². The highest BCUT2D eigenvalue weighted by Gasteiger charge is 2.14. The highest BCUT2D eigenvalue weighted by molar-refractivity contribution is 6.44. The minimum atomic E-state index is -0.942. The second-order valence-electron chi connectivity index (χ2n) is 3.53. The molecule has 0 heterocycles. The number of hydrogen-bond donors (Lipinski definition) is 0. The SMILES string of the molecule is CCCCC[Si](OCCC)OCCC. The molecule has 0 aromatic heterocycles. The van der Waals surface area contributed by atoms with E-state index in [0.717, 1.165) is 32.1 Å². The molecule has 0 saturated carbocycles. The third-order valence-corrected chi connectivity index (χ3v) is 3.73. The Labute approximate surface area is 90.8 Å². The molecular formula is C11H25O2Si. The van der Waals surface area contributed by atoms with Crippen LogP contribution in [0.15, 0.2) is 0 Å². The molecule has 0 aliphatic carbocycles. The predicted octanol–water partition coefficient (Wildman–Crippen LogP) is 3.52. The van der Waals surface area contributed by atoms with Gasteiger partial charge in [-0.05, 0) is 18.9 Å². The molecule has 3 heteroatoms. The van der Waals surface area contributed by atoms with Crippen LogP contribution in [0, 0.1) is 0 Å². The van der Waals surface area contributed by atoms with Gasteiger partial charge < -0.3 is 8.85 Å². The van der Waals surface area contributed by atoms with E-state index >= 15 is 0 Å². The largest absolute Gasteiger partial charge is 0.393 e. The fourth-order valence-corrected chi connectivity index (χ4v) is 2.91. The van der Waals surface area contributed by atoms with Crippen LogP contribution in [0.3, 0.4) is 0 Å². The van der Waals surface area contributed by atoms with Crippen molar-refractivity contribution in [2.24, 2.45) is 0 Å². The third kappa shape index (κ3) is 8.72. The summed E-state index contributed by atoms with van der Waals surface area (Å²) in [6.07, 6.45) is 6.03. The summed E-state index contributed by atoms with van der Waals surface area (Å²) in [5.41, 5.74) is 0. The summed E-state index contributed by atoms with van der Waals surface area (Å²) in [4.78, 5) is 0. The van der Waals surface area contributed by atoms with Crippen LogP contribution in [0.25, 0.3) is 0 Å². The Kier molecular flexibility index (Phi) is 11.3. The summed E-state index contributed by atoms with van der Waals surface area (Å²) in [7, 11) is -0.942. The van der Waals surface area contributed by atoms with Gasteiger partial charge in [-0.2, -0.15) is 0 Å². The van der Waals surface area contributed by atoms with Crippen molar-refractivity contribution in [3.8, 4) is 0 Å². The van der Waals surface area contributed by atoms with Gasteiger partial charge in [0.05, 0.1) is 0 Å². The van der Waals surface area contributed by atoms with E-state index < -0.39 is 9.28 Å². The molecule has 0 saturated heterocycles. The van der Waals surface area contributed by atoms with E-state index in [1.807, 2.05) is 0 Å². The molecule has 85 valence electrons. The molecule has 0 fully saturated rings. The van der Waals surface area contributed by atoms with Gasteiger partial charge in [-0.1, -0.05) is 40.0 Å². The molecule has 0 spiro atoms. The lowest BCUT2D eigenvalue weighted by Crippen LogP contribution is -2.23. The van der Waals surface area contributed by atoms with Crippen LogP contribution < -0.4 is 0 Å². The zero-order valence-electron chi connectivity index (χ0n) is 9.97. The van der Waals surface area contributed by atoms with Crippen molar-refractivity contribution in [1.29, 1.82) is 0 Å². The molecule has 0 amide bonds. The molecule has 0 rings (SSSR count). The maximum absolute atomic E-state index is 5.72. The normalized spacial score (nSPS) is 11.1. The van der Waals surface area contributed by atoms with Gasteiger partial charge in [-0.25, -0.2) is 0 Å². The van der Waals surface area contributed by atoms with Crippen molar-refractivity contribution in [2.45, 2.75) is 58.9 Å². The van der Waals surface area contributed by atoms with Gasteiger partial charge in [0.25, 0.3) is 0 Å². The van der Waals surface area contributed by atoms with Crippen LogP contribution in [0.2, 0.25) is 6.04 Å². The maximum Gasteiger partial charge on any atom is 0.384 e. The molecule has 0 aromatic rings. The molecule has 0 atom stereocenters. The van der Waals surface area contributed by atoms with E-state index in [1.165, 1.54) is 19.3 Å². The fraction of sp³-hybridized carbons (Fsp3) is 1.00. The highest BCUT2D eigenvalue weighted by atomic mass is 28.3. The summed E-state index contributed by atoms with van der Waals surface area (Å²) in [5, 5.41) is 0. The van der Waals surface area contributed by atoms with Crippen LogP contribution in [0.4, 0.5) is 0 Å². The molecule has 0 aliphatic rings. The van der Waals surface area contributed by atoms with Gasteiger partial charge >= 0.3 is 9.28 Å². The Bertz CT molecular complexity index is 101. The molecule has 2 nitrogen and oxygen atoms in total. The van der Waals surface area contributed by atoms with Crippen molar-refractivity contribution in [3.63, 3.8) is 0 Å². The minimum absolute atomic E-state index is 0.865. The second kappa shape index (κ2) is 11.2. The summed E-state index contributed by atoms with van der Waals surface area (Å²) >= 11 is 0. The fourth-order valence-electron chi connectivity index (χ4n) is 1.14. The Morgan fingerprint density at radius 2 is 1.36 bits per heavy atom. The molecule has 0 N–H and O–H groups in total. The van der Waals surface area contributed by atoms with E-state index in [-0.39, 0.29) is 0 Å². The monoisotopic (exact) mass is 217 g/mol. The van der Waals surface area contributed by atoms with Crippen LogP contribution in [-0.4, -0.2) is 22.5 Å². The molecular weight excluding hydrogens is 192 g/mol. The Morgan fingerprint density at radius 3 is 1.79 bits per heavy atom. The topological polar surface area (TPSA) is 18.5 Å². The summed E-state index contributed by atoms with van der Waals surface area (Å²) in [6, 6.07) is 1.15. The number of unbranched alkanes of at least 4 members (excludes halogenated alkanes) is 2. The summed E-state index contributed by atoms with van der Waals surface area (Å²) in [6.45, 7) is 8.25. The smallest absolute Gasteiger partial charge is 0.384 e. The van der Waals surface area contributed by atoms with Crippen LogP contribution in [0.5, 0.6) is 0 Å². The standard InChI is InChI=1S/C11H25O2Si/c1-4-7-8-11-14(12-9-5-2)13-10-6-3/h4-11H2,1-3H3. The van der Waals surface area contributed by atoms with Gasteiger partial charge in [0.15, 0.2) is 0 Å². The summed E-state index contributed by atoms with van der Waals surface area (Å²) in [5.74, 6) is 0. The van der Waals surface area contributed by atoms with Gasteiger partial charge in [-0.3, -0.25) is 0 Å². The van der Waals surface area contributed by atoms with E-state index in [1.54, 1.807) is 0 Å². The van der Waals surface area contributed by atoms with E-state index in [0.29, 0.717) is 0 Å². The average molecular weight is 217 g/mol. The zero-order valence-corrected chi connectivity index (χ0v) is 11.0. The number of hydrogen-bond acceptors (Lipinski definition) is 2. The quantitative estimate of drug-likeness (QED) is 0.412. The molecule has 0 aliphatic heterocycles. The molecule has 0 bridgehead atoms. The Balaban J connectivity index is 3.49. The van der Waals surface area contributed by atoms with Crippen molar-refractivity contribution in [3.05, 3.63) is 0 Å². The first kappa shape index (κ1) is 14.1. The zero-order chi connectivity index (χ0) is 10.6. The maximum atomic E-state index is 5.72. The van der Waals surface area contributed by atoms with Crippen LogP contribution in [0.1, 0.15) is 52.9 Å². The van der Waals surface area contributed by atoms with Gasteiger partial charge in [0.1, 0.15) is 0 Å². The first-order valence-corrected chi connectivity index (χ1v) is 7.48. The van der Waals surface area contributed by atoms with Crippen molar-refractivity contribution >= 4 is 9.28 Å². The van der Waals surface area contributed by atoms with E-state index in [2.05, 4.69) is 20.8 Å². The molecule has 0 unspecified atom stereocenters. The lowest BCUT2D eigenvalue weighted by molar-refractivity contribution is 0.195. The third-order valence-electron chi connectivity index (χ3n) is 1.92. The second-order valence-corrected chi connectivity index (χ2v) is 5.35. The minimum Gasteiger partial charge on any atom is -0.393 e. The average Bonchev–Trinajstić information content (AvgIpc) is 2.21. The highest BCUT2D eigenvalue weighted by Crippen LogP contribution is 2.07. The van der Waals surface area contributed by atoms with E-state index in [4.69, 9.17) is 8.85 Å².